The summed E-state index contributed by atoms with van der Waals surface area (Å²) < 4.78 is 3.09. The van der Waals surface area contributed by atoms with Crippen LogP contribution in [-0.4, -0.2) is 57.1 Å². The van der Waals surface area contributed by atoms with Crippen molar-refractivity contribution in [3.05, 3.63) is 42.5 Å². The van der Waals surface area contributed by atoms with E-state index >= 15 is 0 Å². The number of rotatable bonds is 9. The first kappa shape index (κ1) is 23.4. The highest BCUT2D eigenvalue weighted by Gasteiger charge is 2.47. The molecular weight excluding hydrogens is 438 g/mol. The van der Waals surface area contributed by atoms with Gasteiger partial charge >= 0.3 is 5.97 Å². The van der Waals surface area contributed by atoms with Crippen molar-refractivity contribution in [3.8, 4) is 0 Å². The van der Waals surface area contributed by atoms with E-state index in [0.717, 1.165) is 54.4 Å². The SMILES string of the molecule is CN(C)CCCC(c1ccc2nc(NC(=O)C3(C(=O)O)CCCCC3)sc2c1)n1ccnc1. The zero-order valence-corrected chi connectivity index (χ0v) is 20.0. The number of amides is 1. The molecule has 1 atom stereocenters. The average Bonchev–Trinajstić information content (AvgIpc) is 3.46. The quantitative estimate of drug-likeness (QED) is 0.451. The zero-order chi connectivity index (χ0) is 23.4. The molecule has 3 aromatic rings. The first-order valence-corrected chi connectivity index (χ1v) is 12.3. The number of anilines is 1. The largest absolute Gasteiger partial charge is 0.480 e. The topological polar surface area (TPSA) is 100 Å². The van der Waals surface area contributed by atoms with E-state index in [9.17, 15) is 14.7 Å². The summed E-state index contributed by atoms with van der Waals surface area (Å²) in [6, 6.07) is 6.33. The van der Waals surface area contributed by atoms with Gasteiger partial charge in [0.2, 0.25) is 5.91 Å². The Balaban J connectivity index is 1.56. The molecule has 1 amide bonds. The number of aliphatic carboxylic acids is 1. The van der Waals surface area contributed by atoms with Crippen LogP contribution in [0.3, 0.4) is 0 Å². The third-order valence-corrected chi connectivity index (χ3v) is 7.47. The normalized spacial score (nSPS) is 16.7. The van der Waals surface area contributed by atoms with Gasteiger partial charge in [-0.3, -0.25) is 9.59 Å². The second kappa shape index (κ2) is 10.0. The maximum absolute atomic E-state index is 13.0. The van der Waals surface area contributed by atoms with Crippen LogP contribution in [-0.2, 0) is 9.59 Å². The number of aromatic nitrogens is 3. The predicted molar refractivity (Wildman–Crippen MR) is 130 cm³/mol. The molecule has 176 valence electrons. The summed E-state index contributed by atoms with van der Waals surface area (Å²) >= 11 is 1.39. The van der Waals surface area contributed by atoms with Crippen molar-refractivity contribution >= 4 is 38.6 Å². The molecule has 1 fully saturated rings. The molecule has 0 aliphatic heterocycles. The summed E-state index contributed by atoms with van der Waals surface area (Å²) in [5.74, 6) is -1.49. The number of nitrogens with zero attached hydrogens (tertiary/aromatic N) is 4. The fourth-order valence-electron chi connectivity index (χ4n) is 4.65. The molecule has 1 aliphatic rings. The van der Waals surface area contributed by atoms with E-state index in [0.29, 0.717) is 18.0 Å². The first-order valence-electron chi connectivity index (χ1n) is 11.5. The van der Waals surface area contributed by atoms with Gasteiger partial charge in [-0.2, -0.15) is 0 Å². The van der Waals surface area contributed by atoms with Crippen LogP contribution in [0.2, 0.25) is 0 Å². The summed E-state index contributed by atoms with van der Waals surface area (Å²) in [6.45, 7) is 1.01. The Morgan fingerprint density at radius 3 is 2.73 bits per heavy atom. The molecule has 8 nitrogen and oxygen atoms in total. The first-order chi connectivity index (χ1) is 15.9. The minimum Gasteiger partial charge on any atom is -0.480 e. The Kier molecular flexibility index (Phi) is 7.09. The van der Waals surface area contributed by atoms with Gasteiger partial charge in [0.1, 0.15) is 5.41 Å². The van der Waals surface area contributed by atoms with Crippen LogP contribution < -0.4 is 5.32 Å². The summed E-state index contributed by atoms with van der Waals surface area (Å²) in [4.78, 5) is 35.9. The number of thiazole rings is 1. The van der Waals surface area contributed by atoms with Crippen molar-refractivity contribution in [2.75, 3.05) is 26.0 Å². The van der Waals surface area contributed by atoms with E-state index < -0.39 is 17.3 Å². The molecule has 0 spiro atoms. The van der Waals surface area contributed by atoms with E-state index in [1.807, 2.05) is 18.6 Å². The maximum Gasteiger partial charge on any atom is 0.319 e. The van der Waals surface area contributed by atoms with Crippen molar-refractivity contribution in [1.82, 2.24) is 19.4 Å². The lowest BCUT2D eigenvalue weighted by Crippen LogP contribution is -2.44. The molecule has 0 saturated heterocycles. The van der Waals surface area contributed by atoms with Crippen molar-refractivity contribution < 1.29 is 14.7 Å². The summed E-state index contributed by atoms with van der Waals surface area (Å²) in [7, 11) is 4.15. The molecule has 4 rings (SSSR count). The molecule has 1 saturated carbocycles. The lowest BCUT2D eigenvalue weighted by Gasteiger charge is -2.31. The van der Waals surface area contributed by atoms with Crippen molar-refractivity contribution in [3.63, 3.8) is 0 Å². The highest BCUT2D eigenvalue weighted by Crippen LogP contribution is 2.39. The Morgan fingerprint density at radius 2 is 2.06 bits per heavy atom. The second-order valence-electron chi connectivity index (χ2n) is 9.12. The Morgan fingerprint density at radius 1 is 1.27 bits per heavy atom. The van der Waals surface area contributed by atoms with E-state index in [4.69, 9.17) is 0 Å². The molecule has 0 bridgehead atoms. The van der Waals surface area contributed by atoms with E-state index in [1.54, 1.807) is 6.20 Å². The third kappa shape index (κ3) is 5.09. The monoisotopic (exact) mass is 469 g/mol. The minimum atomic E-state index is -1.35. The molecule has 1 unspecified atom stereocenters. The lowest BCUT2D eigenvalue weighted by molar-refractivity contribution is -0.156. The fourth-order valence-corrected chi connectivity index (χ4v) is 5.56. The number of fused-ring (bicyclic) bond motifs is 1. The predicted octanol–water partition coefficient (Wildman–Crippen LogP) is 4.40. The van der Waals surface area contributed by atoms with Crippen molar-refractivity contribution in [1.29, 1.82) is 0 Å². The highest BCUT2D eigenvalue weighted by atomic mass is 32.1. The van der Waals surface area contributed by atoms with Crippen LogP contribution in [0.5, 0.6) is 0 Å². The van der Waals surface area contributed by atoms with Gasteiger partial charge in [-0.15, -0.1) is 0 Å². The summed E-state index contributed by atoms with van der Waals surface area (Å²) in [5, 5.41) is 13.0. The Labute approximate surface area is 197 Å². The zero-order valence-electron chi connectivity index (χ0n) is 19.2. The highest BCUT2D eigenvalue weighted by molar-refractivity contribution is 7.22. The van der Waals surface area contributed by atoms with Gasteiger partial charge in [0.15, 0.2) is 5.13 Å². The number of imidazole rings is 1. The van der Waals surface area contributed by atoms with Gasteiger partial charge in [-0.25, -0.2) is 9.97 Å². The van der Waals surface area contributed by atoms with Gasteiger partial charge in [0, 0.05) is 12.4 Å². The Hall–Kier alpha value is -2.78. The second-order valence-corrected chi connectivity index (χ2v) is 10.2. The number of nitrogens with one attached hydrogen (secondary N) is 1. The number of hydrogen-bond donors (Lipinski definition) is 2. The lowest BCUT2D eigenvalue weighted by atomic mass is 9.73. The molecule has 2 heterocycles. The molecule has 9 heteroatoms. The van der Waals surface area contributed by atoms with Crippen LogP contribution >= 0.6 is 11.3 Å². The number of benzene rings is 1. The van der Waals surface area contributed by atoms with Crippen molar-refractivity contribution in [2.45, 2.75) is 51.0 Å². The number of carbonyl (C=O) groups excluding carboxylic acids is 1. The van der Waals surface area contributed by atoms with Gasteiger partial charge in [-0.05, 0) is 64.0 Å². The van der Waals surface area contributed by atoms with Crippen LogP contribution in [0.1, 0.15) is 56.6 Å². The molecule has 2 N–H and O–H groups in total. The smallest absolute Gasteiger partial charge is 0.319 e. The van der Waals surface area contributed by atoms with Crippen LogP contribution in [0.4, 0.5) is 5.13 Å². The summed E-state index contributed by atoms with van der Waals surface area (Å²) in [5.41, 5.74) is 0.611. The molecule has 1 aliphatic carbocycles. The maximum atomic E-state index is 13.0. The fraction of sp³-hybridized carbons (Fsp3) is 0.500. The average molecular weight is 470 g/mol. The molecule has 1 aromatic carbocycles. The van der Waals surface area contributed by atoms with Crippen LogP contribution in [0.25, 0.3) is 10.2 Å². The van der Waals surface area contributed by atoms with Crippen LogP contribution in [0, 0.1) is 5.41 Å². The van der Waals surface area contributed by atoms with E-state index in [1.165, 1.54) is 11.3 Å². The van der Waals surface area contributed by atoms with Crippen molar-refractivity contribution in [2.24, 2.45) is 5.41 Å². The van der Waals surface area contributed by atoms with Gasteiger partial charge in [0.05, 0.1) is 22.6 Å². The van der Waals surface area contributed by atoms with Gasteiger partial charge in [0.25, 0.3) is 0 Å². The molecular formula is C24H31N5O3S. The minimum absolute atomic E-state index is 0.162. The standard InChI is InChI=1S/C24H31N5O3S/c1-28(2)13-6-7-19(29-14-12-25-16-29)17-8-9-18-20(15-17)33-23(26-18)27-21(30)24(22(31)32)10-4-3-5-11-24/h8-9,12,14-16,19H,3-7,10-11,13H2,1-2H3,(H,31,32)(H,26,27,30). The number of hydrogen-bond acceptors (Lipinski definition) is 6. The molecule has 33 heavy (non-hydrogen) atoms. The van der Waals surface area contributed by atoms with E-state index in [2.05, 4.69) is 51.0 Å². The van der Waals surface area contributed by atoms with E-state index in [-0.39, 0.29) is 6.04 Å². The van der Waals surface area contributed by atoms with Gasteiger partial charge in [-0.1, -0.05) is 36.7 Å². The van der Waals surface area contributed by atoms with Crippen LogP contribution in [0.15, 0.2) is 36.9 Å². The number of carboxylic acids is 1. The Bertz CT molecular complexity index is 1100. The third-order valence-electron chi connectivity index (χ3n) is 6.54. The molecule has 0 radical (unpaired) electrons. The summed E-state index contributed by atoms with van der Waals surface area (Å²) in [6.07, 6.45) is 10.9. The number of carboxylic acid groups (broad SMARTS) is 1. The molecule has 2 aromatic heterocycles. The van der Waals surface area contributed by atoms with Gasteiger partial charge < -0.3 is 19.9 Å². The number of carbonyl (C=O) groups is 2.